The quantitative estimate of drug-likeness (QED) is 0.587. The fourth-order valence-electron chi connectivity index (χ4n) is 4.32. The van der Waals surface area contributed by atoms with E-state index in [1.165, 1.54) is 12.8 Å². The predicted octanol–water partition coefficient (Wildman–Crippen LogP) is 5.54. The van der Waals surface area contributed by atoms with Crippen molar-refractivity contribution >= 4 is 28.2 Å². The van der Waals surface area contributed by atoms with Crippen LogP contribution in [0, 0.1) is 11.8 Å². The monoisotopic (exact) mass is 403 g/mol. The van der Waals surface area contributed by atoms with Crippen LogP contribution in [0.1, 0.15) is 43.5 Å². The fraction of sp³-hybridized carbons (Fsp3) is 0.360. The number of carbonyl (C=O) groups excluding carboxylic acids is 1. The van der Waals surface area contributed by atoms with Crippen molar-refractivity contribution in [2.24, 2.45) is 11.8 Å². The van der Waals surface area contributed by atoms with Gasteiger partial charge in [-0.3, -0.25) is 4.79 Å². The molecule has 5 heteroatoms. The SMILES string of the molecule is COc1ccc(Nc2ncc(C(=O)N[C@@H]3CCC[C@H](C)[C@@H]3C)c3ccccc23)cc1. The van der Waals surface area contributed by atoms with Crippen molar-refractivity contribution < 1.29 is 9.53 Å². The van der Waals surface area contributed by atoms with Crippen LogP contribution in [-0.2, 0) is 0 Å². The van der Waals surface area contributed by atoms with Gasteiger partial charge in [0.25, 0.3) is 5.91 Å². The van der Waals surface area contributed by atoms with E-state index < -0.39 is 0 Å². The van der Waals surface area contributed by atoms with E-state index in [2.05, 4.69) is 29.5 Å². The molecule has 4 rings (SSSR count). The Kier molecular flexibility index (Phi) is 5.88. The molecule has 0 saturated heterocycles. The lowest BCUT2D eigenvalue weighted by Crippen LogP contribution is -2.43. The molecule has 1 heterocycles. The first-order valence-corrected chi connectivity index (χ1v) is 10.7. The minimum atomic E-state index is -0.0411. The van der Waals surface area contributed by atoms with E-state index >= 15 is 0 Å². The molecule has 30 heavy (non-hydrogen) atoms. The first kappa shape index (κ1) is 20.2. The van der Waals surface area contributed by atoms with Crippen LogP contribution in [0.4, 0.5) is 11.5 Å². The number of carbonyl (C=O) groups is 1. The van der Waals surface area contributed by atoms with E-state index in [-0.39, 0.29) is 11.9 Å². The molecule has 3 atom stereocenters. The number of pyridine rings is 1. The second-order valence-electron chi connectivity index (χ2n) is 8.27. The summed E-state index contributed by atoms with van der Waals surface area (Å²) in [7, 11) is 1.65. The van der Waals surface area contributed by atoms with Crippen LogP contribution in [0.3, 0.4) is 0 Å². The van der Waals surface area contributed by atoms with Crippen molar-refractivity contribution in [2.45, 2.75) is 39.2 Å². The molecule has 0 aliphatic heterocycles. The second-order valence-corrected chi connectivity index (χ2v) is 8.27. The highest BCUT2D eigenvalue weighted by Gasteiger charge is 2.28. The highest BCUT2D eigenvalue weighted by atomic mass is 16.5. The lowest BCUT2D eigenvalue weighted by molar-refractivity contribution is 0.0892. The number of amides is 1. The van der Waals surface area contributed by atoms with E-state index in [4.69, 9.17) is 4.74 Å². The van der Waals surface area contributed by atoms with Gasteiger partial charge in [0.15, 0.2) is 0 Å². The number of benzene rings is 2. The van der Waals surface area contributed by atoms with Crippen LogP contribution in [-0.4, -0.2) is 24.0 Å². The van der Waals surface area contributed by atoms with Gasteiger partial charge in [-0.2, -0.15) is 0 Å². The zero-order chi connectivity index (χ0) is 21.1. The Balaban J connectivity index is 1.60. The maximum absolute atomic E-state index is 13.1. The molecule has 1 amide bonds. The molecule has 0 unspecified atom stereocenters. The Bertz CT molecular complexity index is 1030. The van der Waals surface area contributed by atoms with Gasteiger partial charge in [0.05, 0.1) is 12.7 Å². The van der Waals surface area contributed by atoms with Gasteiger partial charge in [-0.1, -0.05) is 51.0 Å². The van der Waals surface area contributed by atoms with Crippen molar-refractivity contribution in [3.8, 4) is 5.75 Å². The average molecular weight is 404 g/mol. The number of rotatable bonds is 5. The standard InChI is InChI=1S/C25H29N3O2/c1-16-7-6-10-23(17(16)2)28-25(29)22-15-26-24(21-9-5-4-8-20(21)22)27-18-11-13-19(30-3)14-12-18/h4-5,8-9,11-17,23H,6-7,10H2,1-3H3,(H,26,27)(H,28,29)/t16-,17-,23+/m0/s1. The maximum atomic E-state index is 13.1. The summed E-state index contributed by atoms with van der Waals surface area (Å²) in [5, 5.41) is 8.46. The van der Waals surface area contributed by atoms with Gasteiger partial charge in [-0.25, -0.2) is 4.98 Å². The highest BCUT2D eigenvalue weighted by Crippen LogP contribution is 2.31. The van der Waals surface area contributed by atoms with Gasteiger partial charge >= 0.3 is 0 Å². The third-order valence-corrected chi connectivity index (χ3v) is 6.42. The largest absolute Gasteiger partial charge is 0.497 e. The fourth-order valence-corrected chi connectivity index (χ4v) is 4.32. The summed E-state index contributed by atoms with van der Waals surface area (Å²) >= 11 is 0. The van der Waals surface area contributed by atoms with Crippen LogP contribution < -0.4 is 15.4 Å². The first-order chi connectivity index (χ1) is 14.6. The summed E-state index contributed by atoms with van der Waals surface area (Å²) in [4.78, 5) is 17.7. The molecule has 1 aliphatic carbocycles. The molecule has 2 aromatic carbocycles. The van der Waals surface area contributed by atoms with Crippen molar-refractivity contribution in [3.63, 3.8) is 0 Å². The van der Waals surface area contributed by atoms with E-state index in [9.17, 15) is 4.79 Å². The predicted molar refractivity (Wildman–Crippen MR) is 121 cm³/mol. The minimum absolute atomic E-state index is 0.0411. The zero-order valence-corrected chi connectivity index (χ0v) is 17.8. The van der Waals surface area contributed by atoms with E-state index in [0.29, 0.717) is 17.4 Å². The summed E-state index contributed by atoms with van der Waals surface area (Å²) in [5.74, 6) is 2.61. The molecule has 1 aliphatic rings. The van der Waals surface area contributed by atoms with E-state index in [1.807, 2.05) is 48.5 Å². The minimum Gasteiger partial charge on any atom is -0.497 e. The number of hydrogen-bond donors (Lipinski definition) is 2. The summed E-state index contributed by atoms with van der Waals surface area (Å²) in [6.45, 7) is 4.52. The summed E-state index contributed by atoms with van der Waals surface area (Å²) < 4.78 is 5.22. The van der Waals surface area contributed by atoms with Gasteiger partial charge in [0.1, 0.15) is 11.6 Å². The number of nitrogens with zero attached hydrogens (tertiary/aromatic N) is 1. The number of methoxy groups -OCH3 is 1. The number of fused-ring (bicyclic) bond motifs is 1. The van der Waals surface area contributed by atoms with Gasteiger partial charge in [0.2, 0.25) is 0 Å². The first-order valence-electron chi connectivity index (χ1n) is 10.7. The molecule has 0 radical (unpaired) electrons. The van der Waals surface area contributed by atoms with Crippen LogP contribution in [0.5, 0.6) is 5.75 Å². The lowest BCUT2D eigenvalue weighted by Gasteiger charge is -2.34. The molecular weight excluding hydrogens is 374 g/mol. The summed E-state index contributed by atoms with van der Waals surface area (Å²) in [6.07, 6.45) is 5.13. The van der Waals surface area contributed by atoms with Crippen LogP contribution in [0.15, 0.2) is 54.7 Å². The third-order valence-electron chi connectivity index (χ3n) is 6.42. The van der Waals surface area contributed by atoms with Crippen molar-refractivity contribution in [1.82, 2.24) is 10.3 Å². The molecule has 156 valence electrons. The van der Waals surface area contributed by atoms with E-state index in [1.54, 1.807) is 13.3 Å². The van der Waals surface area contributed by atoms with Crippen molar-refractivity contribution in [3.05, 3.63) is 60.3 Å². The number of ether oxygens (including phenoxy) is 1. The topological polar surface area (TPSA) is 63.2 Å². The van der Waals surface area contributed by atoms with Gasteiger partial charge < -0.3 is 15.4 Å². The number of anilines is 2. The van der Waals surface area contributed by atoms with Crippen LogP contribution in [0.25, 0.3) is 10.8 Å². The van der Waals surface area contributed by atoms with E-state index in [0.717, 1.165) is 34.4 Å². The van der Waals surface area contributed by atoms with Crippen LogP contribution in [0.2, 0.25) is 0 Å². The van der Waals surface area contributed by atoms with Gasteiger partial charge in [-0.05, 0) is 47.9 Å². The number of hydrogen-bond acceptors (Lipinski definition) is 4. The van der Waals surface area contributed by atoms with Crippen molar-refractivity contribution in [2.75, 3.05) is 12.4 Å². The molecule has 1 fully saturated rings. The normalized spacial score (nSPS) is 21.2. The maximum Gasteiger partial charge on any atom is 0.253 e. The molecule has 3 aromatic rings. The Morgan fingerprint density at radius 2 is 1.77 bits per heavy atom. The molecule has 0 spiro atoms. The summed E-state index contributed by atoms with van der Waals surface area (Å²) in [5.41, 5.74) is 1.53. The van der Waals surface area contributed by atoms with Crippen LogP contribution >= 0.6 is 0 Å². The Morgan fingerprint density at radius 3 is 2.50 bits per heavy atom. The third kappa shape index (κ3) is 4.11. The highest BCUT2D eigenvalue weighted by molar-refractivity contribution is 6.09. The number of aromatic nitrogens is 1. The Hall–Kier alpha value is -3.08. The summed E-state index contributed by atoms with van der Waals surface area (Å²) in [6, 6.07) is 15.8. The number of nitrogens with one attached hydrogen (secondary N) is 2. The zero-order valence-electron chi connectivity index (χ0n) is 17.8. The molecule has 5 nitrogen and oxygen atoms in total. The van der Waals surface area contributed by atoms with Gasteiger partial charge in [0, 0.05) is 23.3 Å². The smallest absolute Gasteiger partial charge is 0.253 e. The molecule has 2 N–H and O–H groups in total. The van der Waals surface area contributed by atoms with Gasteiger partial charge in [-0.15, -0.1) is 0 Å². The molecule has 1 aromatic heterocycles. The Morgan fingerprint density at radius 1 is 1.03 bits per heavy atom. The molecule has 0 bridgehead atoms. The Labute approximate surface area is 177 Å². The second kappa shape index (κ2) is 8.74. The lowest BCUT2D eigenvalue weighted by atomic mass is 9.78. The van der Waals surface area contributed by atoms with Crippen molar-refractivity contribution in [1.29, 1.82) is 0 Å². The molecule has 1 saturated carbocycles. The average Bonchev–Trinajstić information content (AvgIpc) is 2.77. The molecular formula is C25H29N3O2.